The lowest BCUT2D eigenvalue weighted by Crippen LogP contribution is -2.80. The molecule has 0 amide bonds. The van der Waals surface area contributed by atoms with E-state index in [1.54, 1.807) is 6.92 Å². The Morgan fingerprint density at radius 1 is 1.07 bits per heavy atom. The molecule has 3 fully saturated rings. The minimum atomic E-state index is -1.69. The van der Waals surface area contributed by atoms with Gasteiger partial charge in [0.15, 0.2) is 0 Å². The van der Waals surface area contributed by atoms with Crippen LogP contribution in [0.3, 0.4) is 0 Å². The number of esters is 1. The highest BCUT2D eigenvalue weighted by atomic mass is 16.6. The van der Waals surface area contributed by atoms with Crippen LogP contribution < -0.4 is 0 Å². The van der Waals surface area contributed by atoms with Crippen molar-refractivity contribution in [2.75, 3.05) is 0 Å². The number of allylic oxidation sites excluding steroid dienone is 1. The number of carbonyl (C=O) groups is 2. The van der Waals surface area contributed by atoms with Crippen LogP contribution in [0.4, 0.5) is 0 Å². The molecule has 30 heavy (non-hydrogen) atoms. The van der Waals surface area contributed by atoms with Crippen LogP contribution in [0.25, 0.3) is 0 Å². The van der Waals surface area contributed by atoms with E-state index in [9.17, 15) is 30.0 Å². The molecule has 0 unspecified atom stereocenters. The Balaban J connectivity index is 1.94. The van der Waals surface area contributed by atoms with Crippen molar-refractivity contribution in [3.05, 3.63) is 11.6 Å². The summed E-state index contributed by atoms with van der Waals surface area (Å²) < 4.78 is 5.66. The number of rotatable bonds is 2. The van der Waals surface area contributed by atoms with Crippen LogP contribution in [0, 0.1) is 22.7 Å². The maximum absolute atomic E-state index is 12.5. The standard InChI is InChI=1S/C23H34O7/c1-12(24)16-7-10-23(29)21(16,4)19(27)17(30-13(2)25)18-20(3)8-6-15(26)11-14(20)5-9-22(18,23)28/h11,15-19,26-29H,5-10H2,1-4H3/t15-,16+,17-,18+,19+,20-,21-,22-,23+/m0/s1. The van der Waals surface area contributed by atoms with E-state index in [-0.39, 0.29) is 18.6 Å². The van der Waals surface area contributed by atoms with Gasteiger partial charge in [-0.25, -0.2) is 0 Å². The Morgan fingerprint density at radius 3 is 2.33 bits per heavy atom. The first-order valence-corrected chi connectivity index (χ1v) is 11.0. The average Bonchev–Trinajstić information content (AvgIpc) is 2.94. The molecule has 4 N–H and O–H groups in total. The third-order valence-electron chi connectivity index (χ3n) is 9.24. The quantitative estimate of drug-likeness (QED) is 0.390. The maximum Gasteiger partial charge on any atom is 0.303 e. The second-order valence-electron chi connectivity index (χ2n) is 10.5. The van der Waals surface area contributed by atoms with Gasteiger partial charge in [-0.3, -0.25) is 9.59 Å². The first-order chi connectivity index (χ1) is 13.8. The van der Waals surface area contributed by atoms with Crippen molar-refractivity contribution in [2.24, 2.45) is 22.7 Å². The molecular weight excluding hydrogens is 388 g/mol. The van der Waals surface area contributed by atoms with Crippen molar-refractivity contribution in [1.29, 1.82) is 0 Å². The molecule has 0 aromatic rings. The summed E-state index contributed by atoms with van der Waals surface area (Å²) in [7, 11) is 0. The zero-order valence-corrected chi connectivity index (χ0v) is 18.2. The minimum absolute atomic E-state index is 0.153. The fourth-order valence-corrected chi connectivity index (χ4v) is 7.76. The summed E-state index contributed by atoms with van der Waals surface area (Å²) in [5.41, 5.74) is -4.36. The van der Waals surface area contributed by atoms with Crippen LogP contribution >= 0.6 is 0 Å². The highest BCUT2D eigenvalue weighted by Gasteiger charge is 2.79. The normalized spacial score (nSPS) is 52.5. The molecule has 0 heterocycles. The summed E-state index contributed by atoms with van der Waals surface area (Å²) in [5, 5.41) is 46.0. The molecular formula is C23H34O7. The Kier molecular flexibility index (Phi) is 4.83. The van der Waals surface area contributed by atoms with E-state index in [0.29, 0.717) is 25.7 Å². The van der Waals surface area contributed by atoms with Crippen molar-refractivity contribution in [1.82, 2.24) is 0 Å². The molecule has 9 atom stereocenters. The summed E-state index contributed by atoms with van der Waals surface area (Å²) in [5.74, 6) is -2.12. The predicted molar refractivity (Wildman–Crippen MR) is 107 cm³/mol. The van der Waals surface area contributed by atoms with Gasteiger partial charge in [-0.1, -0.05) is 25.5 Å². The van der Waals surface area contributed by atoms with Crippen LogP contribution in [-0.4, -0.2) is 61.7 Å². The van der Waals surface area contributed by atoms with Gasteiger partial charge in [0.05, 0.1) is 6.10 Å². The van der Waals surface area contributed by atoms with E-state index in [2.05, 4.69) is 0 Å². The Morgan fingerprint density at radius 2 is 1.73 bits per heavy atom. The van der Waals surface area contributed by atoms with Crippen LogP contribution in [0.5, 0.6) is 0 Å². The summed E-state index contributed by atoms with van der Waals surface area (Å²) in [6, 6.07) is 0. The number of aliphatic hydroxyl groups is 4. The topological polar surface area (TPSA) is 124 Å². The number of hydrogen-bond donors (Lipinski definition) is 4. The molecule has 168 valence electrons. The van der Waals surface area contributed by atoms with Gasteiger partial charge in [0.1, 0.15) is 29.2 Å². The molecule has 0 radical (unpaired) electrons. The summed E-state index contributed by atoms with van der Waals surface area (Å²) >= 11 is 0. The van der Waals surface area contributed by atoms with Crippen LogP contribution in [0.15, 0.2) is 11.6 Å². The Labute approximate surface area is 177 Å². The monoisotopic (exact) mass is 422 g/mol. The summed E-state index contributed by atoms with van der Waals surface area (Å²) in [6.45, 7) is 6.32. The van der Waals surface area contributed by atoms with Crippen LogP contribution in [0.2, 0.25) is 0 Å². The van der Waals surface area contributed by atoms with Gasteiger partial charge in [-0.2, -0.15) is 0 Å². The van der Waals surface area contributed by atoms with Gasteiger partial charge < -0.3 is 25.2 Å². The molecule has 4 aliphatic rings. The van der Waals surface area contributed by atoms with Gasteiger partial charge in [-0.05, 0) is 50.9 Å². The van der Waals surface area contributed by atoms with Crippen molar-refractivity contribution in [3.63, 3.8) is 0 Å². The second kappa shape index (κ2) is 6.61. The molecule has 0 saturated heterocycles. The van der Waals surface area contributed by atoms with Gasteiger partial charge in [0.25, 0.3) is 0 Å². The lowest BCUT2D eigenvalue weighted by atomic mass is 9.41. The molecule has 3 saturated carbocycles. The van der Waals surface area contributed by atoms with Crippen molar-refractivity contribution in [2.45, 2.75) is 95.7 Å². The van der Waals surface area contributed by atoms with Crippen molar-refractivity contribution >= 4 is 11.8 Å². The average molecular weight is 423 g/mol. The molecule has 7 heteroatoms. The maximum atomic E-state index is 12.5. The molecule has 0 spiro atoms. The second-order valence-corrected chi connectivity index (χ2v) is 10.5. The number of hydrogen-bond acceptors (Lipinski definition) is 7. The number of Topliss-reactive ketones (excluding diaryl/α,β-unsaturated/α-hetero) is 1. The molecule has 0 bridgehead atoms. The van der Waals surface area contributed by atoms with E-state index >= 15 is 0 Å². The van der Waals surface area contributed by atoms with E-state index in [0.717, 1.165) is 5.57 Å². The van der Waals surface area contributed by atoms with E-state index in [1.807, 2.05) is 13.0 Å². The van der Waals surface area contributed by atoms with Gasteiger partial charge in [0, 0.05) is 24.2 Å². The highest BCUT2D eigenvalue weighted by molar-refractivity contribution is 5.80. The lowest BCUT2D eigenvalue weighted by molar-refractivity contribution is -0.333. The molecule has 4 aliphatic carbocycles. The first-order valence-electron chi connectivity index (χ1n) is 11.0. The van der Waals surface area contributed by atoms with E-state index < -0.39 is 58.1 Å². The smallest absolute Gasteiger partial charge is 0.303 e. The molecule has 0 aliphatic heterocycles. The molecule has 0 aromatic carbocycles. The zero-order valence-electron chi connectivity index (χ0n) is 18.2. The SMILES string of the molecule is CC(=O)O[C@@H]1[C@@H](O)[C@]2(C)[C@@H](C(C)=O)CC[C@]2(O)[C@]2(O)CCC3=C[C@@H](O)CC[C@]3(C)[C@@H]12. The zero-order chi connectivity index (χ0) is 22.3. The lowest BCUT2D eigenvalue weighted by Gasteiger charge is -2.68. The largest absolute Gasteiger partial charge is 0.459 e. The highest BCUT2D eigenvalue weighted by Crippen LogP contribution is 2.70. The number of carbonyl (C=O) groups excluding carboxylic acids is 2. The van der Waals surface area contributed by atoms with Gasteiger partial charge in [0.2, 0.25) is 0 Å². The van der Waals surface area contributed by atoms with E-state index in [4.69, 9.17) is 4.74 Å². The molecule has 0 aromatic heterocycles. The first kappa shape index (κ1) is 21.9. The third kappa shape index (κ3) is 2.46. The third-order valence-corrected chi connectivity index (χ3v) is 9.24. The molecule has 7 nitrogen and oxygen atoms in total. The van der Waals surface area contributed by atoms with Crippen molar-refractivity contribution in [3.8, 4) is 0 Å². The predicted octanol–water partition coefficient (Wildman–Crippen LogP) is 1.26. The number of ether oxygens (including phenoxy) is 1. The summed E-state index contributed by atoms with van der Waals surface area (Å²) in [4.78, 5) is 24.5. The Bertz CT molecular complexity index is 807. The van der Waals surface area contributed by atoms with Crippen LogP contribution in [-0.2, 0) is 14.3 Å². The number of ketones is 1. The number of aliphatic hydroxyl groups excluding tert-OH is 2. The fourth-order valence-electron chi connectivity index (χ4n) is 7.76. The number of fused-ring (bicyclic) bond motifs is 5. The van der Waals surface area contributed by atoms with Crippen molar-refractivity contribution < 1.29 is 34.8 Å². The van der Waals surface area contributed by atoms with Crippen LogP contribution in [0.1, 0.15) is 66.2 Å². The van der Waals surface area contributed by atoms with Gasteiger partial charge in [-0.15, -0.1) is 0 Å². The fraction of sp³-hybridized carbons (Fsp3) is 0.826. The van der Waals surface area contributed by atoms with Gasteiger partial charge >= 0.3 is 5.97 Å². The molecule has 4 rings (SSSR count). The Hall–Kier alpha value is -1.28. The summed E-state index contributed by atoms with van der Waals surface area (Å²) in [6.07, 6.45) is 1.16. The minimum Gasteiger partial charge on any atom is -0.459 e. The van der Waals surface area contributed by atoms with E-state index in [1.165, 1.54) is 13.8 Å².